The third kappa shape index (κ3) is 21.0. The molecular formula is C74H110N18O20P4SSi+2. The monoisotopic (exact) mass is 1750 g/mol. The van der Waals surface area contributed by atoms with Gasteiger partial charge in [-0.15, -0.1) is 18.8 Å². The summed E-state index contributed by atoms with van der Waals surface area (Å²) in [6.45, 7) is 24.0. The van der Waals surface area contributed by atoms with Crippen LogP contribution in [0.3, 0.4) is 0 Å². The molecule has 0 radical (unpaired) electrons. The Hall–Kier alpha value is -7.88. The van der Waals surface area contributed by atoms with Gasteiger partial charge in [-0.3, -0.25) is 37.4 Å². The van der Waals surface area contributed by atoms with Crippen molar-refractivity contribution in [1.82, 2.24) is 78.1 Å². The van der Waals surface area contributed by atoms with E-state index in [2.05, 4.69) is 125 Å². The van der Waals surface area contributed by atoms with Gasteiger partial charge in [-0.25, -0.2) is 49.8 Å². The third-order valence-corrected chi connectivity index (χ3v) is 28.1. The van der Waals surface area contributed by atoms with Crippen molar-refractivity contribution >= 4 is 119 Å². The number of anilines is 2. The zero-order valence-corrected chi connectivity index (χ0v) is 69.5. The van der Waals surface area contributed by atoms with Crippen molar-refractivity contribution < 1.29 is 84.7 Å². The summed E-state index contributed by atoms with van der Waals surface area (Å²) >= 11 is 5.83. The van der Waals surface area contributed by atoms with Gasteiger partial charge in [0, 0.05) is 52.8 Å². The van der Waals surface area contributed by atoms with Crippen molar-refractivity contribution in [2.75, 3.05) is 50.4 Å². The number of hydrogen-bond acceptors (Lipinski definition) is 29. The number of aromatic amines is 2. The molecule has 14 rings (SSSR count). The minimum absolute atomic E-state index is 0. The van der Waals surface area contributed by atoms with Crippen LogP contribution in [0.5, 0.6) is 0 Å². The number of H-pyrrole nitrogens is 2. The smallest absolute Gasteiger partial charge is 0.407 e. The molecule has 8 aromatic heterocycles. The van der Waals surface area contributed by atoms with Crippen molar-refractivity contribution in [2.24, 2.45) is 17.8 Å². The van der Waals surface area contributed by atoms with E-state index in [0.29, 0.717) is 50.9 Å². The lowest BCUT2D eigenvalue weighted by Crippen LogP contribution is -2.48. The molecule has 8 N–H and O–H groups in total. The molecule has 19 atom stereocenters. The Morgan fingerprint density at radius 3 is 1.40 bits per heavy atom. The molecule has 0 saturated carbocycles. The zero-order chi connectivity index (χ0) is 81.3. The van der Waals surface area contributed by atoms with E-state index >= 15 is 0 Å². The lowest BCUT2D eigenvalue weighted by Gasteiger charge is -2.40. The number of fused-ring (bicyclic) bond motifs is 4. The second-order valence-corrected chi connectivity index (χ2v) is 41.2. The standard InChI is InChI=1S/C31H35N9O10P2S.C26H38N5O4PSi.C12H15N4O6P.5CH4/c1-15-20(48-31(24(15)49-51(44)45)40-14-35-22-27(40)36-17(3)37-29(22)43)11-46-52(4,53)50-23-16(2)30(47-19(23)10-41)39-13-34-21-25(32-12-33-26(21)39)38-28(42)18-8-6-5-7-9-18;1-9-18-20(34-36(5)6)21(35-37(7,8)26(2,3)4)25(33-18)31-16-29-19-22(27-15-28-23(19)31)30-24(32)17-13-11-10-12-14-17;1-5-7(3-17)21-12(9(5)22-23(19)20)16-4-13-8-10(16)14-6(2)15-11(8)18;;;;;/h5-9,12-16,19-20,23-24,30-31,41H,10-11H2,1-4H3,(H2-,32,33,36,37,38,42,43,44,45);10-16,18,20-21,25H,9H2,1-8H3,(H,27,28,30,32);4-5,7,9,12,17H,3H2,1-2H3,(H-,14,15,18,19,20);5*1H4/p+2/t15-,16?,19+,20+,23+,24?,30+,31+,52?;18-,20+,21?,25-;5-,7+,9?,12+;;;;;/m010...../s1. The second kappa shape index (κ2) is 40.7. The molecule has 2 amide bonds. The summed E-state index contributed by atoms with van der Waals surface area (Å²) in [6, 6.07) is 17.7. The lowest BCUT2D eigenvalue weighted by atomic mass is 10.0. The highest BCUT2D eigenvalue weighted by Gasteiger charge is 2.54. The molecule has 4 aliphatic heterocycles. The van der Waals surface area contributed by atoms with E-state index in [4.69, 9.17) is 62.7 Å². The summed E-state index contributed by atoms with van der Waals surface area (Å²) in [5, 5.41) is 25.4. The molecule has 4 fully saturated rings. The average molecular weight is 1760 g/mol. The van der Waals surface area contributed by atoms with Gasteiger partial charge in [-0.1, -0.05) is 122 Å². The first-order valence-electron chi connectivity index (χ1n) is 36.1. The number of rotatable bonds is 24. The number of nitrogens with zero attached hydrogens (tertiary/aromatic N) is 14. The van der Waals surface area contributed by atoms with Crippen molar-refractivity contribution in [3.8, 4) is 0 Å². The Morgan fingerprint density at radius 1 is 0.576 bits per heavy atom. The first-order valence-corrected chi connectivity index (χ1v) is 46.5. The quantitative estimate of drug-likeness (QED) is 0.0206. The Morgan fingerprint density at radius 2 is 0.975 bits per heavy atom. The van der Waals surface area contributed by atoms with Gasteiger partial charge in [0.1, 0.15) is 54.9 Å². The summed E-state index contributed by atoms with van der Waals surface area (Å²) in [5.74, 6) is -0.487. The molecule has 644 valence electrons. The minimum atomic E-state index is -3.05. The molecule has 0 spiro atoms. The van der Waals surface area contributed by atoms with E-state index in [0.717, 1.165) is 6.42 Å². The molecule has 4 aliphatic rings. The maximum Gasteiger partial charge on any atom is 0.695 e. The molecule has 7 unspecified atom stereocenters. The van der Waals surface area contributed by atoms with Gasteiger partial charge >= 0.3 is 16.5 Å². The van der Waals surface area contributed by atoms with Crippen LogP contribution in [0.15, 0.2) is 108 Å². The van der Waals surface area contributed by atoms with Crippen molar-refractivity contribution in [1.29, 1.82) is 0 Å². The van der Waals surface area contributed by atoms with Crippen LogP contribution < -0.4 is 21.8 Å². The van der Waals surface area contributed by atoms with Crippen LogP contribution >= 0.6 is 31.1 Å². The SMILES string of the molecule is C.C.C.C.C.CC[C@H]1O[C@@H](n2cnc3c(NC(=O)c4ccccc4)ncnc32)C(O[Si](C)(C)C(C)(C)C)[C@H]1OP(C)C.Cc1nc2c(ncn2[C@@H]2O[C@H](CO)[C@H](C)C2O[P+](=O)O)c(=O)[nH]1.Cc1nc2c(ncn2[C@@H]2O[C@H](COP(C)(=S)O[C@@H]3C(C)[C@H](n4cnc5c(NC(=O)c6ccccc6)ncnc54)O[C@@H]3CO)[C@H](C)C2O[P+](=O)O)c(=O)[nH]1. The maximum atomic E-state index is 12.8. The maximum absolute atomic E-state index is 12.8. The fourth-order valence-corrected chi connectivity index (χ4v) is 18.3. The number of aromatic nitrogens is 16. The van der Waals surface area contributed by atoms with Crippen molar-refractivity contribution in [3.05, 3.63) is 142 Å². The highest BCUT2D eigenvalue weighted by molar-refractivity contribution is 8.09. The zero-order valence-electron chi connectivity index (χ0n) is 64.1. The largest absolute Gasteiger partial charge is 0.695 e. The van der Waals surface area contributed by atoms with Crippen LogP contribution in [-0.2, 0) is 66.9 Å². The van der Waals surface area contributed by atoms with Gasteiger partial charge in [0.2, 0.25) is 0 Å². The Kier molecular flexibility index (Phi) is 33.5. The van der Waals surface area contributed by atoms with Crippen LogP contribution in [0.2, 0.25) is 18.1 Å². The van der Waals surface area contributed by atoms with Gasteiger partial charge in [0.05, 0.1) is 63.4 Å². The predicted octanol–water partition coefficient (Wildman–Crippen LogP) is 11.9. The van der Waals surface area contributed by atoms with E-state index in [9.17, 15) is 43.4 Å². The lowest BCUT2D eigenvalue weighted by molar-refractivity contribution is -0.0475. The molecule has 38 nitrogen and oxygen atoms in total. The highest BCUT2D eigenvalue weighted by Crippen LogP contribution is 2.53. The number of imidazole rings is 4. The normalized spacial score (nSPS) is 24.9. The summed E-state index contributed by atoms with van der Waals surface area (Å²) in [5.41, 5.74) is 2.68. The number of aliphatic hydroxyl groups is 2. The van der Waals surface area contributed by atoms with Crippen LogP contribution in [0.1, 0.15) is 149 Å². The van der Waals surface area contributed by atoms with E-state index in [1.807, 2.05) is 35.8 Å². The summed E-state index contributed by atoms with van der Waals surface area (Å²) in [6.07, 6.45) is 1.42. The van der Waals surface area contributed by atoms with Crippen LogP contribution in [-0.4, -0.2) is 213 Å². The first kappa shape index (κ1) is 97.2. The third-order valence-electron chi connectivity index (χ3n) is 20.3. The van der Waals surface area contributed by atoms with Crippen LogP contribution in [0.4, 0.5) is 11.6 Å². The summed E-state index contributed by atoms with van der Waals surface area (Å²) < 4.78 is 90.9. The van der Waals surface area contributed by atoms with Gasteiger partial charge in [-0.2, -0.15) is 0 Å². The second-order valence-electron chi connectivity index (χ2n) is 29.3. The number of carbonyl (C=O) groups is 2. The molecule has 0 bridgehead atoms. The Bertz CT molecular complexity index is 5280. The summed E-state index contributed by atoms with van der Waals surface area (Å²) in [4.78, 5) is 117. The summed E-state index contributed by atoms with van der Waals surface area (Å²) in [7, 11) is -8.68. The number of benzene rings is 2. The fraction of sp³-hybridized carbons (Fsp3) is 0.541. The van der Waals surface area contributed by atoms with Crippen LogP contribution in [0.25, 0.3) is 44.7 Å². The molecule has 4 saturated heterocycles. The topological polar surface area (TPSA) is 480 Å². The molecule has 12 heterocycles. The van der Waals surface area contributed by atoms with Crippen molar-refractivity contribution in [3.63, 3.8) is 0 Å². The molecule has 44 heteroatoms. The van der Waals surface area contributed by atoms with Crippen molar-refractivity contribution in [2.45, 2.75) is 204 Å². The van der Waals surface area contributed by atoms with E-state index < -0.39 is 112 Å². The molecule has 118 heavy (non-hydrogen) atoms. The van der Waals surface area contributed by atoms with Crippen LogP contribution in [0, 0.1) is 31.6 Å². The number of ether oxygens (including phenoxy) is 4. The van der Waals surface area contributed by atoms with Gasteiger partial charge in [0.25, 0.3) is 22.9 Å². The predicted molar refractivity (Wildman–Crippen MR) is 453 cm³/mol. The molecule has 10 aromatic rings. The minimum Gasteiger partial charge on any atom is -0.407 e. The number of aryl methyl sites for hydroxylation is 2. The number of aliphatic hydroxyl groups excluding tert-OH is 2. The number of hydrogen-bond donors (Lipinski definition) is 8. The first-order chi connectivity index (χ1) is 53.7. The average Bonchev–Trinajstić information content (AvgIpc) is 1.59. The Labute approximate surface area is 692 Å². The van der Waals surface area contributed by atoms with E-state index in [1.54, 1.807) is 81.7 Å². The van der Waals surface area contributed by atoms with Gasteiger partial charge < -0.3 is 67.8 Å². The number of amides is 2. The van der Waals surface area contributed by atoms with E-state index in [-0.39, 0.29) is 138 Å². The van der Waals surface area contributed by atoms with Gasteiger partial charge in [0.15, 0.2) is 102 Å². The Balaban J connectivity index is 0.000000258. The van der Waals surface area contributed by atoms with E-state index in [1.165, 1.54) is 40.8 Å². The number of nitrogens with one attached hydrogen (secondary N) is 4. The van der Waals surface area contributed by atoms with Gasteiger partial charge in [-0.05, 0) is 87.8 Å². The number of carbonyl (C=O) groups excluding carboxylic acids is 2. The fourth-order valence-electron chi connectivity index (χ4n) is 13.5. The molecular weight excluding hydrogens is 1640 g/mol. The highest BCUT2D eigenvalue weighted by atomic mass is 32.5. The molecule has 0 aliphatic carbocycles. The molecule has 2 aromatic carbocycles.